The predicted molar refractivity (Wildman–Crippen MR) is 159 cm³/mol. The van der Waals surface area contributed by atoms with Crippen molar-refractivity contribution in [2.75, 3.05) is 13.1 Å². The third kappa shape index (κ3) is 8.15. The third-order valence-electron chi connectivity index (χ3n) is 7.77. The number of aliphatic imine (C=N–C) groups is 1. The number of thiazole rings is 1. The van der Waals surface area contributed by atoms with E-state index >= 15 is 0 Å². The van der Waals surface area contributed by atoms with E-state index in [0.717, 1.165) is 5.56 Å². The first-order chi connectivity index (χ1) is 20.7. The number of piperazine rings is 1. The van der Waals surface area contributed by atoms with Crippen LogP contribution in [-0.2, 0) is 25.6 Å². The number of ketones is 1. The van der Waals surface area contributed by atoms with Gasteiger partial charge in [-0.3, -0.25) is 29.0 Å². The van der Waals surface area contributed by atoms with Gasteiger partial charge >= 0.3 is 5.97 Å². The van der Waals surface area contributed by atoms with Crippen LogP contribution in [0.4, 0.5) is 0 Å². The first kappa shape index (κ1) is 31.6. The Morgan fingerprint density at radius 2 is 1.91 bits per heavy atom. The van der Waals surface area contributed by atoms with Crippen molar-refractivity contribution in [3.05, 3.63) is 52.5 Å². The largest absolute Gasteiger partial charge is 0.481 e. The highest BCUT2D eigenvalue weighted by Gasteiger charge is 2.50. The second kappa shape index (κ2) is 14.7. The maximum absolute atomic E-state index is 13.9. The van der Waals surface area contributed by atoms with Crippen molar-refractivity contribution in [2.24, 2.45) is 16.5 Å². The molecule has 3 amide bonds. The number of nitrogens with one attached hydrogen (secondary N) is 1. The molecule has 14 heteroatoms. The number of carboxylic acid groups (broad SMARTS) is 1. The van der Waals surface area contributed by atoms with E-state index in [1.165, 1.54) is 27.3 Å². The number of carboxylic acids is 1. The smallest absolute Gasteiger partial charge is 0.303 e. The first-order valence-electron chi connectivity index (χ1n) is 14.3. The second-order valence-corrected chi connectivity index (χ2v) is 11.6. The van der Waals surface area contributed by atoms with Crippen LogP contribution in [0.15, 0.2) is 46.9 Å². The molecule has 2 aliphatic heterocycles. The molecule has 6 N–H and O–H groups in total. The Morgan fingerprint density at radius 1 is 1.14 bits per heavy atom. The van der Waals surface area contributed by atoms with Crippen LogP contribution >= 0.6 is 11.3 Å². The van der Waals surface area contributed by atoms with E-state index in [9.17, 15) is 29.1 Å². The molecule has 0 saturated carbocycles. The van der Waals surface area contributed by atoms with E-state index in [-0.39, 0.29) is 67.5 Å². The maximum Gasteiger partial charge on any atom is 0.303 e. The van der Waals surface area contributed by atoms with Crippen LogP contribution in [-0.4, -0.2) is 92.6 Å². The number of rotatable bonds is 14. The molecule has 2 fully saturated rings. The normalized spacial score (nSPS) is 20.3. The molecule has 0 spiro atoms. The number of Topliss-reactive ketones (excluding diaryl/α,β-unsaturated/α-hetero) is 1. The fourth-order valence-electron chi connectivity index (χ4n) is 5.70. The number of carbonyl (C=O) groups is 5. The summed E-state index contributed by atoms with van der Waals surface area (Å²) in [4.78, 5) is 76.4. The van der Waals surface area contributed by atoms with Gasteiger partial charge in [-0.1, -0.05) is 30.3 Å². The number of hydrogen-bond donors (Lipinski definition) is 4. The number of hydrogen-bond acceptors (Lipinski definition) is 8. The summed E-state index contributed by atoms with van der Waals surface area (Å²) in [5.41, 5.74) is 11.8. The van der Waals surface area contributed by atoms with Gasteiger partial charge in [-0.25, -0.2) is 4.98 Å². The zero-order valence-electron chi connectivity index (χ0n) is 23.8. The standard InChI is InChI=1S/C29H37N7O6S/c30-29(31)33-14-4-7-20(25(40)27-32-15-16-43-27)34-26(41)21-10-9-19-17-35(22(11-13-24(38)39)28(42)36(19)21)23(37)12-8-18-5-2-1-3-6-18/h1-3,5-6,15-16,19-22H,4,7-14,17H2,(H,34,41)(H,38,39)(H4,30,31,33)/t19-,20?,21?,22?/m0/s1. The van der Waals surface area contributed by atoms with Crippen LogP contribution in [0.2, 0.25) is 0 Å². The molecule has 4 rings (SSSR count). The fourth-order valence-corrected chi connectivity index (χ4v) is 6.33. The summed E-state index contributed by atoms with van der Waals surface area (Å²) in [5, 5.41) is 14.1. The minimum absolute atomic E-state index is 0.0568. The molecule has 4 atom stereocenters. The number of benzene rings is 1. The predicted octanol–water partition coefficient (Wildman–Crippen LogP) is 0.932. The average molecular weight is 612 g/mol. The van der Waals surface area contributed by atoms with Crippen LogP contribution < -0.4 is 16.8 Å². The number of nitrogens with two attached hydrogens (primary N) is 2. The molecule has 2 aromatic rings. The second-order valence-electron chi connectivity index (χ2n) is 10.7. The van der Waals surface area contributed by atoms with Crippen molar-refractivity contribution in [1.29, 1.82) is 0 Å². The lowest BCUT2D eigenvalue weighted by atomic mass is 10.00. The quantitative estimate of drug-likeness (QED) is 0.104. The Labute approximate surface area is 253 Å². The lowest BCUT2D eigenvalue weighted by Gasteiger charge is -2.44. The van der Waals surface area contributed by atoms with Gasteiger partial charge in [0.15, 0.2) is 11.0 Å². The lowest BCUT2D eigenvalue weighted by molar-refractivity contribution is -0.158. The first-order valence-corrected chi connectivity index (χ1v) is 15.2. The molecule has 1 aromatic heterocycles. The van der Waals surface area contributed by atoms with E-state index in [4.69, 9.17) is 11.5 Å². The van der Waals surface area contributed by atoms with Crippen molar-refractivity contribution in [2.45, 2.75) is 75.5 Å². The monoisotopic (exact) mass is 611 g/mol. The maximum atomic E-state index is 13.9. The van der Waals surface area contributed by atoms with E-state index in [0.29, 0.717) is 25.7 Å². The Balaban J connectivity index is 1.47. The summed E-state index contributed by atoms with van der Waals surface area (Å²) in [7, 11) is 0. The van der Waals surface area contributed by atoms with Crippen LogP contribution in [0.1, 0.15) is 60.3 Å². The minimum atomic E-state index is -1.08. The Hall–Kier alpha value is -4.33. The van der Waals surface area contributed by atoms with Crippen LogP contribution in [0.3, 0.4) is 0 Å². The summed E-state index contributed by atoms with van der Waals surface area (Å²) in [6.07, 6.45) is 3.36. The third-order valence-corrected chi connectivity index (χ3v) is 8.56. The minimum Gasteiger partial charge on any atom is -0.481 e. The van der Waals surface area contributed by atoms with Gasteiger partial charge < -0.3 is 31.7 Å². The zero-order valence-corrected chi connectivity index (χ0v) is 24.6. The van der Waals surface area contributed by atoms with Crippen LogP contribution in [0, 0.1) is 0 Å². The summed E-state index contributed by atoms with van der Waals surface area (Å²) < 4.78 is 0. The molecule has 230 valence electrons. The SMILES string of the molecule is NC(N)=NCCCC(NC(=O)C1CC[C@H]2CN(C(=O)CCc3ccccc3)C(CCC(=O)O)C(=O)N12)C(=O)c1nccs1. The van der Waals surface area contributed by atoms with E-state index in [2.05, 4.69) is 15.3 Å². The fraction of sp³-hybridized carbons (Fsp3) is 0.483. The van der Waals surface area contributed by atoms with Gasteiger partial charge in [0.25, 0.3) is 0 Å². The molecule has 3 unspecified atom stereocenters. The zero-order chi connectivity index (χ0) is 30.9. The number of carbonyl (C=O) groups excluding carboxylic acids is 4. The summed E-state index contributed by atoms with van der Waals surface area (Å²) in [6.45, 7) is 0.489. The van der Waals surface area contributed by atoms with Crippen molar-refractivity contribution >= 4 is 46.8 Å². The number of aryl methyl sites for hydroxylation is 1. The Bertz CT molecular complexity index is 1330. The van der Waals surface area contributed by atoms with Crippen LogP contribution in [0.5, 0.6) is 0 Å². The van der Waals surface area contributed by atoms with Crippen molar-refractivity contribution in [3.8, 4) is 0 Å². The molecule has 0 radical (unpaired) electrons. The molecular formula is C29H37N7O6S. The molecule has 3 heterocycles. The topological polar surface area (TPSA) is 201 Å². The molecule has 2 aliphatic rings. The summed E-state index contributed by atoms with van der Waals surface area (Å²) >= 11 is 1.17. The van der Waals surface area contributed by atoms with Gasteiger partial charge in [0.05, 0.1) is 12.1 Å². The van der Waals surface area contributed by atoms with Crippen molar-refractivity contribution in [1.82, 2.24) is 20.1 Å². The van der Waals surface area contributed by atoms with E-state index in [1.54, 1.807) is 5.38 Å². The molecular weight excluding hydrogens is 574 g/mol. The Kier molecular flexibility index (Phi) is 10.8. The van der Waals surface area contributed by atoms with Gasteiger partial charge in [-0.05, 0) is 44.1 Å². The lowest BCUT2D eigenvalue weighted by Crippen LogP contribution is -2.64. The summed E-state index contributed by atoms with van der Waals surface area (Å²) in [6, 6.07) is 6.39. The number of guanidine groups is 1. The number of nitrogens with zero attached hydrogens (tertiary/aromatic N) is 4. The van der Waals surface area contributed by atoms with Gasteiger partial charge in [0.1, 0.15) is 12.1 Å². The highest BCUT2D eigenvalue weighted by atomic mass is 32.1. The Morgan fingerprint density at radius 3 is 2.58 bits per heavy atom. The molecule has 2 saturated heterocycles. The van der Waals surface area contributed by atoms with Crippen molar-refractivity contribution < 1.29 is 29.1 Å². The highest BCUT2D eigenvalue weighted by molar-refractivity contribution is 7.11. The molecule has 0 aliphatic carbocycles. The van der Waals surface area contributed by atoms with Gasteiger partial charge in [0.2, 0.25) is 23.5 Å². The van der Waals surface area contributed by atoms with E-state index < -0.39 is 35.9 Å². The summed E-state index contributed by atoms with van der Waals surface area (Å²) in [5.74, 6) is -2.65. The number of aliphatic carboxylic acids is 1. The molecule has 43 heavy (non-hydrogen) atoms. The highest BCUT2D eigenvalue weighted by Crippen LogP contribution is 2.33. The average Bonchev–Trinajstić information content (AvgIpc) is 3.68. The number of amides is 3. The van der Waals surface area contributed by atoms with Gasteiger partial charge in [-0.15, -0.1) is 11.3 Å². The molecule has 1 aromatic carbocycles. The number of aromatic nitrogens is 1. The van der Waals surface area contributed by atoms with Gasteiger partial charge in [-0.2, -0.15) is 0 Å². The van der Waals surface area contributed by atoms with Crippen LogP contribution in [0.25, 0.3) is 0 Å². The number of fused-ring (bicyclic) bond motifs is 1. The van der Waals surface area contributed by atoms with Crippen molar-refractivity contribution in [3.63, 3.8) is 0 Å². The molecule has 0 bridgehead atoms. The van der Waals surface area contributed by atoms with Gasteiger partial charge in [0, 0.05) is 37.5 Å². The van der Waals surface area contributed by atoms with E-state index in [1.807, 2.05) is 30.3 Å². The molecule has 13 nitrogen and oxygen atoms in total.